The van der Waals surface area contributed by atoms with Crippen LogP contribution in [0.15, 0.2) is 42.7 Å². The average molecular weight is 510 g/mol. The fourth-order valence-electron chi connectivity index (χ4n) is 3.88. The zero-order valence-corrected chi connectivity index (χ0v) is 22.1. The maximum atomic E-state index is 13.3. The molecular formula is C26H35N7O4. The number of fused-ring (bicyclic) bond motifs is 4. The molecule has 1 aliphatic rings. The van der Waals surface area contributed by atoms with Crippen LogP contribution in [0.25, 0.3) is 16.8 Å². The summed E-state index contributed by atoms with van der Waals surface area (Å²) in [4.78, 5) is 36.2. The molecule has 3 heterocycles. The molecule has 198 valence electrons. The van der Waals surface area contributed by atoms with Crippen LogP contribution in [-0.2, 0) is 4.74 Å². The first kappa shape index (κ1) is 26.2. The maximum absolute atomic E-state index is 13.3. The second-order valence-corrected chi connectivity index (χ2v) is 10.1. The van der Waals surface area contributed by atoms with Gasteiger partial charge in [-0.05, 0) is 58.6 Å². The number of carbonyl (C=O) groups is 2. The summed E-state index contributed by atoms with van der Waals surface area (Å²) in [6.07, 6.45) is 3.06. The molecule has 0 saturated carbocycles. The summed E-state index contributed by atoms with van der Waals surface area (Å²) in [6, 6.07) is 9.11. The van der Waals surface area contributed by atoms with E-state index >= 15 is 0 Å². The molecule has 11 heteroatoms. The van der Waals surface area contributed by atoms with Gasteiger partial charge in [0.2, 0.25) is 0 Å². The van der Waals surface area contributed by atoms with E-state index in [-0.39, 0.29) is 25.7 Å². The number of ether oxygens (including phenoxy) is 2. The number of likely N-dealkylation sites (N-methyl/N-ethyl adjacent to an activating group) is 1. The fraction of sp³-hybridized carbons (Fsp3) is 0.462. The zero-order valence-electron chi connectivity index (χ0n) is 22.1. The summed E-state index contributed by atoms with van der Waals surface area (Å²) in [5.74, 6) is 1.14. The predicted molar refractivity (Wildman–Crippen MR) is 141 cm³/mol. The van der Waals surface area contributed by atoms with Gasteiger partial charge >= 0.3 is 12.1 Å². The topological polar surface area (TPSA) is 105 Å². The Hall–Kier alpha value is -3.86. The highest BCUT2D eigenvalue weighted by Crippen LogP contribution is 2.28. The lowest BCUT2D eigenvalue weighted by Crippen LogP contribution is -2.48. The molecule has 3 amide bonds. The Bertz CT molecular complexity index is 1250. The van der Waals surface area contributed by atoms with Crippen molar-refractivity contribution in [3.63, 3.8) is 0 Å². The second kappa shape index (κ2) is 11.0. The van der Waals surface area contributed by atoms with E-state index in [2.05, 4.69) is 10.4 Å². The van der Waals surface area contributed by atoms with Gasteiger partial charge in [-0.25, -0.2) is 19.1 Å². The third-order valence-corrected chi connectivity index (χ3v) is 5.73. The van der Waals surface area contributed by atoms with E-state index in [1.165, 1.54) is 0 Å². The lowest BCUT2D eigenvalue weighted by atomic mass is 10.1. The molecule has 0 unspecified atom stereocenters. The minimum Gasteiger partial charge on any atom is -0.492 e. The Morgan fingerprint density at radius 1 is 1.16 bits per heavy atom. The number of aromatic nitrogens is 3. The molecule has 0 radical (unpaired) electrons. The molecule has 1 aromatic carbocycles. The highest BCUT2D eigenvalue weighted by Gasteiger charge is 2.25. The molecule has 11 nitrogen and oxygen atoms in total. The van der Waals surface area contributed by atoms with Gasteiger partial charge in [0.1, 0.15) is 23.8 Å². The Labute approximate surface area is 216 Å². The molecule has 2 aromatic heterocycles. The molecule has 0 atom stereocenters. The number of nitrogens with one attached hydrogen (secondary N) is 1. The number of carbonyl (C=O) groups excluding carboxylic acids is 2. The van der Waals surface area contributed by atoms with Crippen molar-refractivity contribution < 1.29 is 19.1 Å². The van der Waals surface area contributed by atoms with E-state index < -0.39 is 11.7 Å². The monoisotopic (exact) mass is 509 g/mol. The molecule has 1 N–H and O–H groups in total. The molecule has 4 bridgehead atoms. The van der Waals surface area contributed by atoms with E-state index in [4.69, 9.17) is 14.5 Å². The number of rotatable bonds is 3. The van der Waals surface area contributed by atoms with Gasteiger partial charge in [-0.3, -0.25) is 4.90 Å². The summed E-state index contributed by atoms with van der Waals surface area (Å²) in [5.41, 5.74) is 1.68. The van der Waals surface area contributed by atoms with Crippen LogP contribution < -0.4 is 15.0 Å². The van der Waals surface area contributed by atoms with Gasteiger partial charge in [-0.2, -0.15) is 5.10 Å². The molecule has 0 aliphatic carbocycles. The normalized spacial score (nSPS) is 14.4. The van der Waals surface area contributed by atoms with E-state index in [9.17, 15) is 9.59 Å². The van der Waals surface area contributed by atoms with Gasteiger partial charge in [0.25, 0.3) is 0 Å². The van der Waals surface area contributed by atoms with Gasteiger partial charge in [-0.15, -0.1) is 0 Å². The molecule has 4 rings (SSSR count). The Kier molecular flexibility index (Phi) is 7.82. The highest BCUT2D eigenvalue weighted by atomic mass is 16.6. The Morgan fingerprint density at radius 2 is 1.97 bits per heavy atom. The van der Waals surface area contributed by atoms with Crippen molar-refractivity contribution in [3.05, 3.63) is 42.7 Å². The average Bonchev–Trinajstić information content (AvgIpc) is 3.25. The van der Waals surface area contributed by atoms with Crippen molar-refractivity contribution in [2.24, 2.45) is 0 Å². The summed E-state index contributed by atoms with van der Waals surface area (Å²) in [6.45, 7) is 7.64. The molecule has 3 aromatic rings. The first-order valence-corrected chi connectivity index (χ1v) is 12.4. The number of benzene rings is 1. The number of nitrogens with zero attached hydrogens (tertiary/aromatic N) is 6. The van der Waals surface area contributed by atoms with Gasteiger partial charge in [-0.1, -0.05) is 12.1 Å². The van der Waals surface area contributed by atoms with Crippen LogP contribution in [0.4, 0.5) is 15.4 Å². The summed E-state index contributed by atoms with van der Waals surface area (Å²) >= 11 is 0. The molecule has 1 aliphatic heterocycles. The molecule has 0 spiro atoms. The lowest BCUT2D eigenvalue weighted by molar-refractivity contribution is 0.0232. The Morgan fingerprint density at radius 3 is 2.73 bits per heavy atom. The fourth-order valence-corrected chi connectivity index (χ4v) is 3.88. The third kappa shape index (κ3) is 6.67. The lowest BCUT2D eigenvalue weighted by Gasteiger charge is -2.30. The van der Waals surface area contributed by atoms with Crippen molar-refractivity contribution >= 4 is 23.6 Å². The van der Waals surface area contributed by atoms with Crippen LogP contribution in [0, 0.1) is 0 Å². The number of hydrogen-bond acceptors (Lipinski definition) is 7. The SMILES string of the molecule is CN(C)CCNC(=O)N1CCN(C(=O)OC(C)(C)C)CCOc2cccc(c2)-c2cnn3ccc1nc23. The van der Waals surface area contributed by atoms with Crippen molar-refractivity contribution in [2.45, 2.75) is 26.4 Å². The van der Waals surface area contributed by atoms with E-state index in [1.807, 2.05) is 64.0 Å². The summed E-state index contributed by atoms with van der Waals surface area (Å²) in [5, 5.41) is 7.39. The minimum atomic E-state index is -0.653. The quantitative estimate of drug-likeness (QED) is 0.579. The molecular weight excluding hydrogens is 474 g/mol. The molecule has 0 saturated heterocycles. The van der Waals surface area contributed by atoms with Crippen LogP contribution in [0.3, 0.4) is 0 Å². The smallest absolute Gasteiger partial charge is 0.410 e. The van der Waals surface area contributed by atoms with Gasteiger partial charge in [0.05, 0.1) is 12.7 Å². The molecule has 0 fully saturated rings. The van der Waals surface area contributed by atoms with Crippen LogP contribution in [0.1, 0.15) is 20.8 Å². The first-order valence-electron chi connectivity index (χ1n) is 12.4. The highest BCUT2D eigenvalue weighted by molar-refractivity contribution is 5.91. The van der Waals surface area contributed by atoms with Crippen LogP contribution >= 0.6 is 0 Å². The summed E-state index contributed by atoms with van der Waals surface area (Å²) < 4.78 is 13.3. The van der Waals surface area contributed by atoms with Gasteiger partial charge in [0, 0.05) is 37.9 Å². The number of anilines is 1. The third-order valence-electron chi connectivity index (χ3n) is 5.73. The largest absolute Gasteiger partial charge is 0.492 e. The van der Waals surface area contributed by atoms with E-state index in [0.717, 1.165) is 11.1 Å². The van der Waals surface area contributed by atoms with Crippen molar-refractivity contribution in [1.29, 1.82) is 0 Å². The van der Waals surface area contributed by atoms with Crippen LogP contribution in [0.5, 0.6) is 5.75 Å². The van der Waals surface area contributed by atoms with Crippen molar-refractivity contribution in [1.82, 2.24) is 29.7 Å². The minimum absolute atomic E-state index is 0.213. The maximum Gasteiger partial charge on any atom is 0.410 e. The second-order valence-electron chi connectivity index (χ2n) is 10.1. The van der Waals surface area contributed by atoms with Gasteiger partial charge < -0.3 is 24.6 Å². The number of amides is 3. The number of hydrogen-bond donors (Lipinski definition) is 1. The zero-order chi connectivity index (χ0) is 26.6. The summed E-state index contributed by atoms with van der Waals surface area (Å²) in [7, 11) is 3.89. The number of urea groups is 1. The van der Waals surface area contributed by atoms with Crippen LogP contribution in [0.2, 0.25) is 0 Å². The van der Waals surface area contributed by atoms with Crippen LogP contribution in [-0.4, -0.2) is 95.5 Å². The first-order chi connectivity index (χ1) is 17.6. The Balaban J connectivity index is 1.72. The van der Waals surface area contributed by atoms with E-state index in [0.29, 0.717) is 36.8 Å². The van der Waals surface area contributed by atoms with Crippen molar-refractivity contribution in [3.8, 4) is 16.9 Å². The predicted octanol–water partition coefficient (Wildman–Crippen LogP) is 3.10. The van der Waals surface area contributed by atoms with Crippen molar-refractivity contribution in [2.75, 3.05) is 58.3 Å². The standard InChI is InChI=1S/C26H35N7O4/c1-26(2,3)37-25(35)31-13-14-32(24(34)27-10-12-30(4)5)22-9-11-33-23(29-22)21(18-28-33)19-7-6-8-20(17-19)36-16-15-31/h6-9,11,17-18H,10,12-16H2,1-5H3,(H,27,34). The van der Waals surface area contributed by atoms with Gasteiger partial charge in [0.15, 0.2) is 5.65 Å². The van der Waals surface area contributed by atoms with E-state index in [1.54, 1.807) is 32.8 Å². The molecule has 37 heavy (non-hydrogen) atoms.